The number of carbonyl (C=O) groups excluding carboxylic acids is 2. The summed E-state index contributed by atoms with van der Waals surface area (Å²) >= 11 is 0. The van der Waals surface area contributed by atoms with Gasteiger partial charge in [-0.05, 0) is 18.1 Å². The predicted octanol–water partition coefficient (Wildman–Crippen LogP) is 7.20. The van der Waals surface area contributed by atoms with E-state index in [0.29, 0.717) is 28.7 Å². The second-order valence-electron chi connectivity index (χ2n) is 11.6. The summed E-state index contributed by atoms with van der Waals surface area (Å²) in [6.45, 7) is 3.97. The van der Waals surface area contributed by atoms with Crippen LogP contribution in [0.2, 0.25) is 0 Å². The Hall–Kier alpha value is -3.69. The van der Waals surface area contributed by atoms with Crippen molar-refractivity contribution in [3.05, 3.63) is 88.8 Å². The van der Waals surface area contributed by atoms with Crippen LogP contribution in [0.25, 0.3) is 0 Å². The van der Waals surface area contributed by atoms with Crippen molar-refractivity contribution in [2.75, 3.05) is 32.7 Å². The number of alkyl halides is 3. The van der Waals surface area contributed by atoms with Crippen LogP contribution >= 0.6 is 7.81 Å². The summed E-state index contributed by atoms with van der Waals surface area (Å²) in [5, 5.41) is 17.7. The number of esters is 1. The van der Waals surface area contributed by atoms with Gasteiger partial charge in [0.05, 0.1) is 31.9 Å². The van der Waals surface area contributed by atoms with Crippen LogP contribution in [0.15, 0.2) is 65.2 Å². The van der Waals surface area contributed by atoms with Gasteiger partial charge in [-0.1, -0.05) is 65.8 Å². The number of nitrogens with one attached hydrogen (secondary N) is 1. The Balaban J connectivity index is 0.000000644. The van der Waals surface area contributed by atoms with Crippen LogP contribution in [0.3, 0.4) is 0 Å². The molecule has 3 aliphatic heterocycles. The van der Waals surface area contributed by atoms with Crippen LogP contribution in [0.1, 0.15) is 45.8 Å². The first-order valence-corrected chi connectivity index (χ1v) is 16.3. The van der Waals surface area contributed by atoms with Gasteiger partial charge in [0.2, 0.25) is 5.60 Å². The van der Waals surface area contributed by atoms with E-state index in [1.54, 1.807) is 60.7 Å². The minimum atomic E-state index is -10.7. The van der Waals surface area contributed by atoms with Crippen LogP contribution in [0.4, 0.5) is 38.4 Å². The molecule has 2 aromatic carbocycles. The standard InChI is InChI=1S/C29H30F3N3O5.F6P/c1-19-24(25(40-34-19)29(30,31)32)26(36)33-14-17-35-15-12-20(13-16-35)23(18-35)39-27(37)28(38,21-8-4-2-5-9-21)22-10-6-3-7-11-22;1-7(2,3,4,5)6/h2-11,20,23,38H,12-18H2,1H3;/q;-1/p+1/t20?,23-,35?;/m0./s1. The van der Waals surface area contributed by atoms with Crippen LogP contribution in [-0.4, -0.2) is 65.5 Å². The number of hydrogen-bond acceptors (Lipinski definition) is 6. The number of rotatable bonds is 8. The molecule has 0 unspecified atom stereocenters. The Morgan fingerprint density at radius 1 is 0.957 bits per heavy atom. The molecule has 4 heterocycles. The van der Waals surface area contributed by atoms with Gasteiger partial charge >= 0.3 is 45.1 Å². The van der Waals surface area contributed by atoms with Crippen molar-refractivity contribution in [3.8, 4) is 0 Å². The number of aromatic nitrogens is 1. The molecular formula is C29H31F9N3O5P. The van der Waals surface area contributed by atoms with E-state index in [-0.39, 0.29) is 18.2 Å². The second kappa shape index (κ2) is 12.1. The fraction of sp³-hybridized carbons (Fsp3) is 0.414. The molecule has 0 saturated carbocycles. The van der Waals surface area contributed by atoms with Crippen molar-refractivity contribution in [2.24, 2.45) is 5.92 Å². The Bertz CT molecular complexity index is 1530. The van der Waals surface area contributed by atoms with Crippen LogP contribution in [0.5, 0.6) is 0 Å². The molecule has 260 valence electrons. The molecule has 6 rings (SSSR count). The molecule has 0 spiro atoms. The molecule has 3 aromatic rings. The molecule has 2 bridgehead atoms. The average molecular weight is 704 g/mol. The summed E-state index contributed by atoms with van der Waals surface area (Å²) in [5.41, 5.74) is -1.92. The van der Waals surface area contributed by atoms with Gasteiger partial charge in [0.25, 0.3) is 11.7 Å². The fourth-order valence-electron chi connectivity index (χ4n) is 5.98. The van der Waals surface area contributed by atoms with Gasteiger partial charge in [-0.15, -0.1) is 0 Å². The molecule has 1 aromatic heterocycles. The number of benzene rings is 2. The van der Waals surface area contributed by atoms with Crippen molar-refractivity contribution in [1.82, 2.24) is 10.5 Å². The summed E-state index contributed by atoms with van der Waals surface area (Å²) in [7, 11) is -10.7. The molecule has 1 atom stereocenters. The number of piperidine rings is 3. The van der Waals surface area contributed by atoms with E-state index in [1.807, 2.05) is 0 Å². The number of carbonyl (C=O) groups is 2. The number of aliphatic hydroxyl groups is 1. The van der Waals surface area contributed by atoms with E-state index in [0.717, 1.165) is 25.9 Å². The van der Waals surface area contributed by atoms with Crippen LogP contribution in [-0.2, 0) is 21.3 Å². The summed E-state index contributed by atoms with van der Waals surface area (Å²) < 4.78 is 110. The van der Waals surface area contributed by atoms with Crippen molar-refractivity contribution in [3.63, 3.8) is 0 Å². The number of quaternary nitrogens is 1. The molecule has 2 N–H and O–H groups in total. The topological polar surface area (TPSA) is 102 Å². The third-order valence-corrected chi connectivity index (χ3v) is 8.20. The molecule has 0 radical (unpaired) electrons. The summed E-state index contributed by atoms with van der Waals surface area (Å²) in [6, 6.07) is 17.3. The zero-order valence-corrected chi connectivity index (χ0v) is 25.6. The quantitative estimate of drug-likeness (QED) is 0.111. The molecule has 3 fully saturated rings. The minimum absolute atomic E-state index is 0.129. The van der Waals surface area contributed by atoms with Crippen LogP contribution < -0.4 is 5.32 Å². The van der Waals surface area contributed by atoms with Gasteiger partial charge in [0.15, 0.2) is 6.10 Å². The molecule has 18 heteroatoms. The third-order valence-electron chi connectivity index (χ3n) is 8.20. The van der Waals surface area contributed by atoms with Crippen molar-refractivity contribution in [2.45, 2.75) is 37.6 Å². The summed E-state index contributed by atoms with van der Waals surface area (Å²) in [6.07, 6.45) is -3.68. The Labute approximate surface area is 262 Å². The maximum atomic E-state index is 13.7. The molecular weight excluding hydrogens is 672 g/mol. The number of nitrogens with zero attached hydrogens (tertiary/aromatic N) is 2. The van der Waals surface area contributed by atoms with Crippen molar-refractivity contribution < 1.29 is 66.8 Å². The molecule has 3 aliphatic rings. The number of amides is 1. The third kappa shape index (κ3) is 9.45. The molecule has 47 heavy (non-hydrogen) atoms. The van der Waals surface area contributed by atoms with Gasteiger partial charge in [0.1, 0.15) is 12.1 Å². The van der Waals surface area contributed by atoms with E-state index < -0.39 is 48.9 Å². The van der Waals surface area contributed by atoms with Crippen molar-refractivity contribution >= 4 is 19.7 Å². The maximum absolute atomic E-state index is 13.7. The average Bonchev–Trinajstić information content (AvgIpc) is 3.38. The predicted molar refractivity (Wildman–Crippen MR) is 150 cm³/mol. The number of fused-ring (bicyclic) bond motifs is 3. The summed E-state index contributed by atoms with van der Waals surface area (Å²) in [5.74, 6) is -2.92. The SMILES string of the molecule is Cc1noc(C(F)(F)F)c1C(=O)NCC[N+]12CCC(CC1)[C@@H](OC(=O)C(O)(c1ccccc1)c1ccccc1)C2.F[P-](F)(F)(F)(F)F. The van der Waals surface area contributed by atoms with Gasteiger partial charge < -0.3 is 24.2 Å². The van der Waals surface area contributed by atoms with Crippen molar-refractivity contribution in [1.29, 1.82) is 0 Å². The number of hydrogen-bond donors (Lipinski definition) is 2. The fourth-order valence-corrected chi connectivity index (χ4v) is 5.98. The molecule has 8 nitrogen and oxygen atoms in total. The zero-order chi connectivity index (χ0) is 35.0. The molecule has 3 saturated heterocycles. The first-order chi connectivity index (χ1) is 21.5. The first-order valence-electron chi connectivity index (χ1n) is 14.3. The number of halogens is 9. The van der Waals surface area contributed by atoms with Crippen LogP contribution in [0, 0.1) is 12.8 Å². The van der Waals surface area contributed by atoms with Gasteiger partial charge in [0, 0.05) is 18.8 Å². The second-order valence-corrected chi connectivity index (χ2v) is 13.5. The normalized spacial score (nSPS) is 22.7. The number of aryl methyl sites for hydroxylation is 1. The van der Waals surface area contributed by atoms with Gasteiger partial charge in [-0.3, -0.25) is 4.79 Å². The zero-order valence-electron chi connectivity index (χ0n) is 24.7. The van der Waals surface area contributed by atoms with E-state index in [9.17, 15) is 53.0 Å². The van der Waals surface area contributed by atoms with Gasteiger partial charge in [-0.2, -0.15) is 13.2 Å². The Morgan fingerprint density at radius 2 is 1.45 bits per heavy atom. The van der Waals surface area contributed by atoms with E-state index in [4.69, 9.17) is 4.74 Å². The Morgan fingerprint density at radius 3 is 1.91 bits per heavy atom. The molecule has 1 amide bonds. The monoisotopic (exact) mass is 703 g/mol. The Kier molecular flexibility index (Phi) is 9.29. The van der Waals surface area contributed by atoms with E-state index in [2.05, 4.69) is 15.0 Å². The molecule has 0 aliphatic carbocycles. The first kappa shape index (κ1) is 36.2. The summed E-state index contributed by atoms with van der Waals surface area (Å²) in [4.78, 5) is 26.3. The van der Waals surface area contributed by atoms with E-state index >= 15 is 0 Å². The number of ether oxygens (including phenoxy) is 1. The van der Waals surface area contributed by atoms with E-state index in [1.165, 1.54) is 6.92 Å². The van der Waals surface area contributed by atoms with Gasteiger partial charge in [-0.25, -0.2) is 4.79 Å².